The minimum Gasteiger partial charge on any atom is -0.176 e. The van der Waals surface area contributed by atoms with Gasteiger partial charge in [-0.05, 0) is 41.3 Å². The Morgan fingerprint density at radius 1 is 1.00 bits per heavy atom. The van der Waals surface area contributed by atoms with E-state index in [0.29, 0.717) is 10.7 Å². The monoisotopic (exact) mass is 244 g/mol. The number of rotatable bonds is 7. The van der Waals surface area contributed by atoms with Gasteiger partial charge < -0.3 is 0 Å². The van der Waals surface area contributed by atoms with Gasteiger partial charge in [0.1, 0.15) is 0 Å². The lowest BCUT2D eigenvalue weighted by atomic mass is 9.65. The van der Waals surface area contributed by atoms with E-state index >= 15 is 0 Å². The molecule has 0 N–H and O–H groups in total. The van der Waals surface area contributed by atoms with Gasteiger partial charge in [0, 0.05) is 0 Å². The molecule has 0 aliphatic heterocycles. The lowest BCUT2D eigenvalue weighted by molar-refractivity contribution is 0.0887. The molecule has 3 unspecified atom stereocenters. The van der Waals surface area contributed by atoms with Crippen LogP contribution in [0.1, 0.15) is 67.7 Å². The van der Waals surface area contributed by atoms with E-state index in [9.17, 15) is 0 Å². The van der Waals surface area contributed by atoms with Gasteiger partial charge >= 0.3 is 0 Å². The quantitative estimate of drug-likeness (QED) is 0.567. The minimum absolute atomic E-state index is 0.452. The molecule has 1 heteroatoms. The van der Waals surface area contributed by atoms with Gasteiger partial charge in [-0.15, -0.1) is 0 Å². The van der Waals surface area contributed by atoms with Crippen molar-refractivity contribution in [1.29, 1.82) is 0 Å². The molecule has 0 heterocycles. The summed E-state index contributed by atoms with van der Waals surface area (Å²) in [7, 11) is 0. The van der Waals surface area contributed by atoms with Crippen LogP contribution in [0.25, 0.3) is 0 Å². The summed E-state index contributed by atoms with van der Waals surface area (Å²) in [5, 5.41) is 0.543. The van der Waals surface area contributed by atoms with E-state index in [-0.39, 0.29) is 0 Å². The minimum atomic E-state index is 0.452. The highest BCUT2D eigenvalue weighted by atomic mass is 32.1. The Kier molecular flexibility index (Phi) is 7.09. The topological polar surface area (TPSA) is 0 Å². The van der Waals surface area contributed by atoms with Crippen LogP contribution in [0.15, 0.2) is 0 Å². The van der Waals surface area contributed by atoms with Gasteiger partial charge in [0.05, 0.1) is 0 Å². The van der Waals surface area contributed by atoms with Crippen LogP contribution in [0.3, 0.4) is 0 Å². The Labute approximate surface area is 109 Å². The molecule has 0 aliphatic rings. The molecular formula is C15H32S. The third-order valence-electron chi connectivity index (χ3n) is 4.95. The van der Waals surface area contributed by atoms with Crippen molar-refractivity contribution in [1.82, 2.24) is 0 Å². The molecule has 0 rings (SSSR count). The fourth-order valence-electron chi connectivity index (χ4n) is 2.46. The van der Waals surface area contributed by atoms with Gasteiger partial charge in [0.15, 0.2) is 0 Å². The van der Waals surface area contributed by atoms with E-state index in [4.69, 9.17) is 0 Å². The Morgan fingerprint density at radius 2 is 1.50 bits per heavy atom. The number of thiol groups is 1. The molecule has 0 saturated heterocycles. The van der Waals surface area contributed by atoms with Crippen molar-refractivity contribution in [2.24, 2.45) is 23.2 Å². The van der Waals surface area contributed by atoms with Crippen molar-refractivity contribution in [3.05, 3.63) is 0 Å². The van der Waals surface area contributed by atoms with Gasteiger partial charge in [-0.3, -0.25) is 0 Å². The number of hydrogen-bond acceptors (Lipinski definition) is 1. The highest BCUT2D eigenvalue weighted by Crippen LogP contribution is 2.41. The second kappa shape index (κ2) is 6.93. The lowest BCUT2D eigenvalue weighted by Crippen LogP contribution is -2.33. The van der Waals surface area contributed by atoms with Gasteiger partial charge in [0.2, 0.25) is 0 Å². The maximum Gasteiger partial charge on any atom is -0.00115 e. The van der Waals surface area contributed by atoms with Crippen LogP contribution >= 0.6 is 12.6 Å². The molecule has 0 spiro atoms. The molecule has 0 amide bonds. The zero-order chi connectivity index (χ0) is 12.9. The fraction of sp³-hybridized carbons (Fsp3) is 1.00. The van der Waals surface area contributed by atoms with E-state index < -0.39 is 0 Å². The largest absolute Gasteiger partial charge is 0.176 e. The summed E-state index contributed by atoms with van der Waals surface area (Å²) in [5.74, 6) is 2.39. The second-order valence-corrected chi connectivity index (χ2v) is 7.20. The molecule has 0 bridgehead atoms. The molecule has 0 aliphatic carbocycles. The molecular weight excluding hydrogens is 212 g/mol. The summed E-state index contributed by atoms with van der Waals surface area (Å²) in [6.45, 7) is 16.6. The fourth-order valence-corrected chi connectivity index (χ4v) is 2.61. The highest BCUT2D eigenvalue weighted by molar-refractivity contribution is 7.80. The van der Waals surface area contributed by atoms with Crippen molar-refractivity contribution in [2.45, 2.75) is 73.0 Å². The van der Waals surface area contributed by atoms with Crippen LogP contribution in [-0.2, 0) is 0 Å². The Morgan fingerprint density at radius 3 is 1.88 bits per heavy atom. The summed E-state index contributed by atoms with van der Waals surface area (Å²) in [6, 6.07) is 0. The first-order chi connectivity index (χ1) is 7.23. The Hall–Kier alpha value is 0.350. The van der Waals surface area contributed by atoms with Gasteiger partial charge in [-0.1, -0.05) is 54.9 Å². The highest BCUT2D eigenvalue weighted by Gasteiger charge is 2.33. The molecule has 0 fully saturated rings. The SMILES string of the molecule is CCC(C)C(C)(C)C(C)C(C)CC[C@@H](C)S. The molecule has 0 nitrogen and oxygen atoms in total. The van der Waals surface area contributed by atoms with Crippen LogP contribution in [0.5, 0.6) is 0 Å². The predicted molar refractivity (Wildman–Crippen MR) is 79.2 cm³/mol. The molecule has 4 atom stereocenters. The van der Waals surface area contributed by atoms with Gasteiger partial charge in [0.25, 0.3) is 0 Å². The lowest BCUT2D eigenvalue weighted by Gasteiger charge is -2.41. The summed E-state index contributed by atoms with van der Waals surface area (Å²) in [4.78, 5) is 0. The third kappa shape index (κ3) is 4.69. The van der Waals surface area contributed by atoms with Crippen LogP contribution < -0.4 is 0 Å². The molecule has 0 aromatic heterocycles. The molecule has 16 heavy (non-hydrogen) atoms. The molecule has 0 aromatic rings. The maximum atomic E-state index is 4.47. The van der Waals surface area contributed by atoms with E-state index in [0.717, 1.165) is 17.8 Å². The van der Waals surface area contributed by atoms with E-state index in [1.54, 1.807) is 0 Å². The smallest absolute Gasteiger partial charge is 0.00115 e. The zero-order valence-corrected chi connectivity index (χ0v) is 13.3. The summed E-state index contributed by atoms with van der Waals surface area (Å²) >= 11 is 4.47. The molecule has 98 valence electrons. The summed E-state index contributed by atoms with van der Waals surface area (Å²) in [5.41, 5.74) is 0.452. The average molecular weight is 244 g/mol. The average Bonchev–Trinajstić information content (AvgIpc) is 2.23. The van der Waals surface area contributed by atoms with Gasteiger partial charge in [-0.25, -0.2) is 0 Å². The normalized spacial score (nSPS) is 20.2. The van der Waals surface area contributed by atoms with E-state index in [2.05, 4.69) is 61.1 Å². The molecule has 0 aromatic carbocycles. The van der Waals surface area contributed by atoms with Crippen molar-refractivity contribution in [3.8, 4) is 0 Å². The van der Waals surface area contributed by atoms with Gasteiger partial charge in [-0.2, -0.15) is 12.6 Å². The standard InChI is InChI=1S/C15H32S/c1-8-12(3)15(6,7)14(5)11(2)9-10-13(4)16/h11-14,16H,8-10H2,1-7H3/t11?,12?,13-,14?/m1/s1. The van der Waals surface area contributed by atoms with Crippen molar-refractivity contribution < 1.29 is 0 Å². The van der Waals surface area contributed by atoms with E-state index in [1.165, 1.54) is 19.3 Å². The van der Waals surface area contributed by atoms with Crippen LogP contribution in [0.4, 0.5) is 0 Å². The predicted octanol–water partition coefficient (Wildman–Crippen LogP) is 5.43. The molecule has 0 saturated carbocycles. The second-order valence-electron chi connectivity index (χ2n) is 6.32. The van der Waals surface area contributed by atoms with Crippen molar-refractivity contribution in [3.63, 3.8) is 0 Å². The Balaban J connectivity index is 4.35. The van der Waals surface area contributed by atoms with Crippen LogP contribution in [0.2, 0.25) is 0 Å². The Bertz CT molecular complexity index is 184. The first kappa shape index (κ1) is 16.4. The zero-order valence-electron chi connectivity index (χ0n) is 12.4. The maximum absolute atomic E-state index is 4.47. The molecule has 0 radical (unpaired) electrons. The summed E-state index contributed by atoms with van der Waals surface area (Å²) < 4.78 is 0. The third-order valence-corrected chi connectivity index (χ3v) is 5.21. The number of hydrogen-bond donors (Lipinski definition) is 1. The van der Waals surface area contributed by atoms with Crippen molar-refractivity contribution >= 4 is 12.6 Å². The first-order valence-electron chi connectivity index (χ1n) is 6.91. The van der Waals surface area contributed by atoms with Crippen molar-refractivity contribution in [2.75, 3.05) is 0 Å². The summed E-state index contributed by atoms with van der Waals surface area (Å²) in [6.07, 6.45) is 3.84. The first-order valence-corrected chi connectivity index (χ1v) is 7.43. The van der Waals surface area contributed by atoms with Crippen LogP contribution in [-0.4, -0.2) is 5.25 Å². The van der Waals surface area contributed by atoms with E-state index in [1.807, 2.05) is 0 Å². The van der Waals surface area contributed by atoms with Crippen LogP contribution in [0, 0.1) is 23.2 Å².